The molecule has 1 amide bonds. The van der Waals surface area contributed by atoms with Crippen LogP contribution in [0, 0.1) is 0 Å². The lowest BCUT2D eigenvalue weighted by molar-refractivity contribution is -0.130. The second kappa shape index (κ2) is 15.1. The van der Waals surface area contributed by atoms with Crippen molar-refractivity contribution in [1.29, 1.82) is 0 Å². The summed E-state index contributed by atoms with van der Waals surface area (Å²) in [6.45, 7) is 0.685. The molecule has 0 bridgehead atoms. The van der Waals surface area contributed by atoms with Crippen LogP contribution < -0.4 is 15.6 Å². The van der Waals surface area contributed by atoms with Crippen LogP contribution in [-0.4, -0.2) is 35.7 Å². The van der Waals surface area contributed by atoms with Gasteiger partial charge in [-0.05, 0) is 53.1 Å². The van der Waals surface area contributed by atoms with E-state index in [1.165, 1.54) is 0 Å². The Morgan fingerprint density at radius 1 is 1.04 bits per heavy atom. The third-order valence-electron chi connectivity index (χ3n) is 7.26. The highest BCUT2D eigenvalue weighted by Crippen LogP contribution is 2.46. The van der Waals surface area contributed by atoms with Crippen LogP contribution in [0.15, 0.2) is 112 Å². The van der Waals surface area contributed by atoms with Gasteiger partial charge in [-0.3, -0.25) is 10.2 Å². The maximum atomic E-state index is 14.4. The number of amides is 1. The first-order valence-electron chi connectivity index (χ1n) is 14.2. The van der Waals surface area contributed by atoms with Crippen molar-refractivity contribution in [1.82, 2.24) is 10.9 Å². The molecule has 0 fully saturated rings. The summed E-state index contributed by atoms with van der Waals surface area (Å²) < 4.78 is 13.0. The molecular weight excluding hydrogens is 660 g/mol. The predicted octanol–water partition coefficient (Wildman–Crippen LogP) is 7.13. The monoisotopic (exact) mass is 688 g/mol. The van der Waals surface area contributed by atoms with E-state index in [1.54, 1.807) is 54.6 Å². The van der Waals surface area contributed by atoms with Gasteiger partial charge in [0.25, 0.3) is 5.91 Å². The summed E-state index contributed by atoms with van der Waals surface area (Å²) in [6.07, 6.45) is -0.306. The average Bonchev–Trinajstić information content (AvgIpc) is 3.44. The number of aliphatic hydroxyl groups is 1. The van der Waals surface area contributed by atoms with Gasteiger partial charge in [0.1, 0.15) is 5.75 Å². The van der Waals surface area contributed by atoms with Gasteiger partial charge in [-0.25, -0.2) is 10.4 Å². The molecule has 0 saturated heterocycles. The maximum Gasteiger partial charge on any atom is 0.266 e. The van der Waals surface area contributed by atoms with Gasteiger partial charge in [0, 0.05) is 57.2 Å². The Balaban J connectivity index is 1.58. The van der Waals surface area contributed by atoms with Crippen LogP contribution in [0.1, 0.15) is 34.8 Å². The fraction of sp³-hybridized carbons (Fsp3) is 0.212. The van der Waals surface area contributed by atoms with Gasteiger partial charge in [0.2, 0.25) is 5.90 Å². The molecule has 45 heavy (non-hydrogen) atoms. The molecule has 0 saturated carbocycles. The van der Waals surface area contributed by atoms with Crippen LogP contribution in [-0.2, 0) is 22.5 Å². The molecule has 1 aliphatic rings. The summed E-state index contributed by atoms with van der Waals surface area (Å²) in [6, 6.07) is 29.1. The minimum absolute atomic E-state index is 0.0381. The molecule has 0 aromatic heterocycles. The lowest BCUT2D eigenvalue weighted by atomic mass is 9.81. The smallest absolute Gasteiger partial charge is 0.266 e. The Morgan fingerprint density at radius 2 is 1.76 bits per heavy atom. The summed E-state index contributed by atoms with van der Waals surface area (Å²) in [5.74, 6) is 0.410. The lowest BCUT2D eigenvalue weighted by Gasteiger charge is -2.31. The van der Waals surface area contributed by atoms with Crippen LogP contribution in [0.3, 0.4) is 0 Å². The van der Waals surface area contributed by atoms with Crippen LogP contribution in [0.5, 0.6) is 5.75 Å². The number of aliphatic hydroxyl groups excluding tert-OH is 1. The molecule has 0 spiro atoms. The Kier molecular flexibility index (Phi) is 10.7. The van der Waals surface area contributed by atoms with Gasteiger partial charge in [0.05, 0.1) is 6.61 Å². The third kappa shape index (κ3) is 7.47. The third-order valence-corrected chi connectivity index (χ3v) is 8.40. The minimum Gasteiger partial charge on any atom is -0.494 e. The maximum absolute atomic E-state index is 14.4. The summed E-state index contributed by atoms with van der Waals surface area (Å²) in [7, 11) is 0. The molecule has 10 nitrogen and oxygen atoms in total. The number of azide groups is 1. The van der Waals surface area contributed by atoms with Crippen molar-refractivity contribution >= 4 is 45.0 Å². The lowest BCUT2D eigenvalue weighted by Crippen LogP contribution is -2.53. The van der Waals surface area contributed by atoms with Crippen LogP contribution in [0.2, 0.25) is 5.02 Å². The van der Waals surface area contributed by atoms with Crippen LogP contribution >= 0.6 is 27.5 Å². The highest BCUT2D eigenvalue weighted by molar-refractivity contribution is 9.10. The fourth-order valence-corrected chi connectivity index (χ4v) is 5.64. The second-order valence-electron chi connectivity index (χ2n) is 10.2. The van der Waals surface area contributed by atoms with Crippen molar-refractivity contribution in [2.75, 3.05) is 13.2 Å². The molecular formula is C33H30BrClN6O4. The molecule has 230 valence electrons. The van der Waals surface area contributed by atoms with Crippen molar-refractivity contribution in [3.05, 3.63) is 139 Å². The Bertz CT molecular complexity index is 1730. The number of hydrogen-bond donors (Lipinski definition) is 3. The van der Waals surface area contributed by atoms with E-state index in [-0.39, 0.29) is 25.5 Å². The highest BCUT2D eigenvalue weighted by atomic mass is 79.9. The van der Waals surface area contributed by atoms with Crippen molar-refractivity contribution in [2.24, 2.45) is 10.1 Å². The fourth-order valence-electron chi connectivity index (χ4n) is 5.01. The number of aliphatic imine (C=N–C) groups is 1. The van der Waals surface area contributed by atoms with E-state index in [9.17, 15) is 10.3 Å². The highest BCUT2D eigenvalue weighted by Gasteiger charge is 2.54. The van der Waals surface area contributed by atoms with E-state index < -0.39 is 17.6 Å². The summed E-state index contributed by atoms with van der Waals surface area (Å²) in [5, 5.41) is 13.5. The molecule has 4 aromatic carbocycles. The standard InChI is InChI=1S/C33H30BrClN6O4/c34-27-11-4-1-8-23(27)20-33(32(43)40-37-21-24-9-2-5-12-28(24)35)30(26-10-3-6-13-29(26)39-41-36)45-31(38-33)22-14-16-25(17-15-22)44-19-7-18-42/h1-6,8-17,30,37,42H,7,18-21H2,(H,40,43)/t30-,33-/m0/s1. The number of benzene rings is 4. The minimum atomic E-state index is -1.54. The number of halogens is 2. The van der Waals surface area contributed by atoms with Gasteiger partial charge >= 0.3 is 0 Å². The molecule has 0 radical (unpaired) electrons. The number of rotatable bonds is 13. The summed E-state index contributed by atoms with van der Waals surface area (Å²) >= 11 is 9.97. The summed E-state index contributed by atoms with van der Waals surface area (Å²) in [4.78, 5) is 22.5. The molecule has 4 aromatic rings. The van der Waals surface area contributed by atoms with E-state index in [0.29, 0.717) is 40.6 Å². The van der Waals surface area contributed by atoms with E-state index in [2.05, 4.69) is 36.8 Å². The van der Waals surface area contributed by atoms with Crippen molar-refractivity contribution < 1.29 is 19.4 Å². The van der Waals surface area contributed by atoms with Gasteiger partial charge < -0.3 is 14.6 Å². The zero-order chi connectivity index (χ0) is 31.6. The SMILES string of the molecule is [N-]=[N+]=Nc1ccccc1[C@@H]1OC(c2ccc(OCCCO)cc2)=N[C@]1(Cc1ccccc1Br)C(=O)NNCc1ccccc1Cl. The van der Waals surface area contributed by atoms with Gasteiger partial charge in [-0.1, -0.05) is 93.3 Å². The van der Waals surface area contributed by atoms with Gasteiger partial charge in [-0.15, -0.1) is 0 Å². The Labute approximate surface area is 273 Å². The van der Waals surface area contributed by atoms with Crippen molar-refractivity contribution in [3.63, 3.8) is 0 Å². The molecule has 0 aliphatic carbocycles. The Hall–Kier alpha value is -4.38. The molecule has 12 heteroatoms. The van der Waals surface area contributed by atoms with E-state index in [0.717, 1.165) is 15.6 Å². The Morgan fingerprint density at radius 3 is 2.49 bits per heavy atom. The zero-order valence-corrected chi connectivity index (χ0v) is 26.4. The molecule has 1 aliphatic heterocycles. The first-order chi connectivity index (χ1) is 21.9. The van der Waals surface area contributed by atoms with Gasteiger partial charge in [-0.2, -0.15) is 0 Å². The van der Waals surface area contributed by atoms with Crippen molar-refractivity contribution in [3.8, 4) is 5.75 Å². The number of ether oxygens (including phenoxy) is 2. The second-order valence-corrected chi connectivity index (χ2v) is 11.5. The number of carbonyl (C=O) groups excluding carboxylic acids is 1. The largest absolute Gasteiger partial charge is 0.494 e. The first-order valence-corrected chi connectivity index (χ1v) is 15.4. The van der Waals surface area contributed by atoms with Crippen LogP contribution in [0.25, 0.3) is 10.4 Å². The first kappa shape index (κ1) is 32.0. The average molecular weight is 690 g/mol. The number of hydrazine groups is 1. The number of hydrogen-bond acceptors (Lipinski definition) is 7. The number of carbonyl (C=O) groups is 1. The molecule has 0 unspecified atom stereocenters. The number of nitrogens with zero attached hydrogens (tertiary/aromatic N) is 4. The predicted molar refractivity (Wildman–Crippen MR) is 176 cm³/mol. The summed E-state index contributed by atoms with van der Waals surface area (Å²) in [5.41, 5.74) is 16.7. The zero-order valence-electron chi connectivity index (χ0n) is 24.1. The van der Waals surface area contributed by atoms with Crippen LogP contribution in [0.4, 0.5) is 5.69 Å². The van der Waals surface area contributed by atoms with E-state index in [1.807, 2.05) is 42.5 Å². The molecule has 1 heterocycles. The van der Waals surface area contributed by atoms with Crippen molar-refractivity contribution in [2.45, 2.75) is 31.0 Å². The quantitative estimate of drug-likeness (QED) is 0.0451. The van der Waals surface area contributed by atoms with Gasteiger partial charge in [0.15, 0.2) is 11.6 Å². The molecule has 2 atom stereocenters. The normalized spacial score (nSPS) is 17.1. The van der Waals surface area contributed by atoms with E-state index >= 15 is 0 Å². The van der Waals surface area contributed by atoms with E-state index in [4.69, 9.17) is 31.2 Å². The molecule has 5 rings (SSSR count). The molecule has 3 N–H and O–H groups in total. The number of nitrogens with one attached hydrogen (secondary N) is 2. The topological polar surface area (TPSA) is 141 Å².